The van der Waals surface area contributed by atoms with Crippen molar-refractivity contribution >= 4 is 28.8 Å². The molecule has 1 atom stereocenters. The summed E-state index contributed by atoms with van der Waals surface area (Å²) in [5.74, 6) is 0.179. The molecule has 0 bridgehead atoms. The van der Waals surface area contributed by atoms with E-state index >= 15 is 0 Å². The first-order chi connectivity index (χ1) is 13.5. The molecule has 1 saturated heterocycles. The van der Waals surface area contributed by atoms with E-state index in [-0.39, 0.29) is 17.5 Å². The van der Waals surface area contributed by atoms with E-state index in [1.165, 1.54) is 10.5 Å². The lowest BCUT2D eigenvalue weighted by atomic mass is 10.1. The zero-order chi connectivity index (χ0) is 19.7. The molecule has 0 saturated carbocycles. The van der Waals surface area contributed by atoms with Crippen molar-refractivity contribution in [2.45, 2.75) is 32.4 Å². The fourth-order valence-electron chi connectivity index (χ4n) is 3.48. The number of aromatic nitrogens is 2. The maximum atomic E-state index is 12.3. The van der Waals surface area contributed by atoms with Crippen LogP contribution in [0.5, 0.6) is 0 Å². The Morgan fingerprint density at radius 2 is 2.07 bits per heavy atom. The van der Waals surface area contributed by atoms with E-state index < -0.39 is 0 Å². The molecule has 1 unspecified atom stereocenters. The molecule has 0 aliphatic carbocycles. The average molecular weight is 397 g/mol. The monoisotopic (exact) mass is 396 g/mol. The van der Waals surface area contributed by atoms with Crippen LogP contribution in [-0.2, 0) is 11.3 Å². The molecular formula is C21H21ClN4O2. The molecule has 1 aliphatic heterocycles. The van der Waals surface area contributed by atoms with Crippen LogP contribution in [0.3, 0.4) is 0 Å². The van der Waals surface area contributed by atoms with Crippen LogP contribution >= 0.6 is 11.6 Å². The molecule has 1 fully saturated rings. The minimum absolute atomic E-state index is 0.0446. The first-order valence-corrected chi connectivity index (χ1v) is 9.70. The summed E-state index contributed by atoms with van der Waals surface area (Å²) in [4.78, 5) is 30.6. The number of hydrogen-bond acceptors (Lipinski definition) is 4. The lowest BCUT2D eigenvalue weighted by Crippen LogP contribution is -2.25. The Labute approximate surface area is 167 Å². The maximum absolute atomic E-state index is 12.3. The number of nitrogens with one attached hydrogen (secondary N) is 1. The Morgan fingerprint density at radius 3 is 2.86 bits per heavy atom. The van der Waals surface area contributed by atoms with Gasteiger partial charge in [-0.3, -0.25) is 14.0 Å². The summed E-state index contributed by atoms with van der Waals surface area (Å²) in [5.41, 5.74) is 3.10. The minimum Gasteiger partial charge on any atom is -0.312 e. The van der Waals surface area contributed by atoms with Crippen LogP contribution in [0.4, 0.5) is 5.69 Å². The molecule has 6 nitrogen and oxygen atoms in total. The number of pyridine rings is 1. The van der Waals surface area contributed by atoms with Crippen molar-refractivity contribution in [1.29, 1.82) is 0 Å². The minimum atomic E-state index is -0.161. The lowest BCUT2D eigenvalue weighted by molar-refractivity contribution is -0.117. The number of amides is 1. The first kappa shape index (κ1) is 18.7. The second-order valence-electron chi connectivity index (χ2n) is 7.01. The second kappa shape index (κ2) is 7.73. The third-order valence-electron chi connectivity index (χ3n) is 5.02. The fraction of sp³-hybridized carbons (Fsp3) is 0.286. The Balaban J connectivity index is 1.49. The van der Waals surface area contributed by atoms with Crippen molar-refractivity contribution in [1.82, 2.24) is 14.7 Å². The summed E-state index contributed by atoms with van der Waals surface area (Å²) >= 11 is 5.95. The highest BCUT2D eigenvalue weighted by Gasteiger charge is 2.22. The topological polar surface area (TPSA) is 66.7 Å². The van der Waals surface area contributed by atoms with E-state index in [0.29, 0.717) is 29.3 Å². The molecule has 28 heavy (non-hydrogen) atoms. The van der Waals surface area contributed by atoms with E-state index in [0.717, 1.165) is 24.2 Å². The molecule has 3 heterocycles. The van der Waals surface area contributed by atoms with Gasteiger partial charge in [-0.1, -0.05) is 23.7 Å². The van der Waals surface area contributed by atoms with E-state index in [1.54, 1.807) is 18.3 Å². The summed E-state index contributed by atoms with van der Waals surface area (Å²) in [6.45, 7) is 3.29. The summed E-state index contributed by atoms with van der Waals surface area (Å²) in [5, 5.41) is 3.90. The highest BCUT2D eigenvalue weighted by Crippen LogP contribution is 2.24. The van der Waals surface area contributed by atoms with Gasteiger partial charge in [0.25, 0.3) is 5.56 Å². The Kier molecular flexibility index (Phi) is 5.15. The van der Waals surface area contributed by atoms with Crippen LogP contribution in [0, 0.1) is 0 Å². The SMILES string of the molecule is CC(NCc1cc(=O)n2cc(Cl)ccc2n1)c1cccc(N2CCCC2=O)c1. The Hall–Kier alpha value is -2.70. The van der Waals surface area contributed by atoms with Gasteiger partial charge < -0.3 is 10.2 Å². The molecular weight excluding hydrogens is 376 g/mol. The predicted molar refractivity (Wildman–Crippen MR) is 110 cm³/mol. The lowest BCUT2D eigenvalue weighted by Gasteiger charge is -2.19. The fourth-order valence-corrected chi connectivity index (χ4v) is 3.64. The van der Waals surface area contributed by atoms with E-state index in [9.17, 15) is 9.59 Å². The van der Waals surface area contributed by atoms with Gasteiger partial charge in [0, 0.05) is 43.5 Å². The van der Waals surface area contributed by atoms with E-state index in [1.807, 2.05) is 29.2 Å². The molecule has 0 spiro atoms. The number of fused-ring (bicyclic) bond motifs is 1. The second-order valence-corrected chi connectivity index (χ2v) is 7.44. The van der Waals surface area contributed by atoms with Crippen LogP contribution in [0.2, 0.25) is 5.02 Å². The normalized spacial score (nSPS) is 15.4. The number of nitrogens with zero attached hydrogens (tertiary/aromatic N) is 3. The molecule has 4 rings (SSSR count). The van der Waals surface area contributed by atoms with Crippen molar-refractivity contribution in [3.8, 4) is 0 Å². The van der Waals surface area contributed by atoms with Crippen molar-refractivity contribution in [3.63, 3.8) is 0 Å². The maximum Gasteiger partial charge on any atom is 0.258 e. The number of benzene rings is 1. The van der Waals surface area contributed by atoms with E-state index in [4.69, 9.17) is 11.6 Å². The quantitative estimate of drug-likeness (QED) is 0.718. The number of halogens is 1. The van der Waals surface area contributed by atoms with Crippen LogP contribution in [0.1, 0.15) is 37.1 Å². The molecule has 1 aliphatic rings. The van der Waals surface area contributed by atoms with Gasteiger partial charge in [-0.05, 0) is 43.2 Å². The largest absolute Gasteiger partial charge is 0.312 e. The number of carbonyl (C=O) groups excluding carboxylic acids is 1. The van der Waals surface area contributed by atoms with Gasteiger partial charge in [0.1, 0.15) is 5.65 Å². The predicted octanol–water partition coefficient (Wildman–Crippen LogP) is 3.33. The van der Waals surface area contributed by atoms with Crippen LogP contribution in [0.25, 0.3) is 5.65 Å². The highest BCUT2D eigenvalue weighted by atomic mass is 35.5. The number of anilines is 1. The number of rotatable bonds is 5. The first-order valence-electron chi connectivity index (χ1n) is 9.33. The molecule has 1 N–H and O–H groups in total. The summed E-state index contributed by atoms with van der Waals surface area (Å²) in [6.07, 6.45) is 3.09. The van der Waals surface area contributed by atoms with E-state index in [2.05, 4.69) is 17.2 Å². The average Bonchev–Trinajstić information content (AvgIpc) is 3.13. The molecule has 7 heteroatoms. The Bertz CT molecular complexity index is 1100. The van der Waals surface area contributed by atoms with Crippen LogP contribution in [-0.4, -0.2) is 21.8 Å². The standard InChI is InChI=1S/C21H21ClN4O2/c1-14(15-4-2-5-18(10-15)25-9-3-6-20(25)27)23-12-17-11-21(28)26-13-16(22)7-8-19(26)24-17/h2,4-5,7-8,10-11,13-14,23H,3,6,9,12H2,1H3. The highest BCUT2D eigenvalue weighted by molar-refractivity contribution is 6.30. The zero-order valence-corrected chi connectivity index (χ0v) is 16.3. The van der Waals surface area contributed by atoms with Crippen molar-refractivity contribution in [2.24, 2.45) is 0 Å². The molecule has 1 aromatic carbocycles. The van der Waals surface area contributed by atoms with Gasteiger partial charge in [0.2, 0.25) is 5.91 Å². The smallest absolute Gasteiger partial charge is 0.258 e. The van der Waals surface area contributed by atoms with Gasteiger partial charge in [0.05, 0.1) is 10.7 Å². The van der Waals surface area contributed by atoms with Gasteiger partial charge >= 0.3 is 0 Å². The van der Waals surface area contributed by atoms with Gasteiger partial charge in [-0.2, -0.15) is 0 Å². The molecule has 3 aromatic rings. The van der Waals surface area contributed by atoms with Crippen molar-refractivity contribution < 1.29 is 4.79 Å². The molecule has 144 valence electrons. The zero-order valence-electron chi connectivity index (χ0n) is 15.6. The number of carbonyl (C=O) groups is 1. The van der Waals surface area contributed by atoms with Gasteiger partial charge in [0.15, 0.2) is 0 Å². The van der Waals surface area contributed by atoms with Gasteiger partial charge in [-0.25, -0.2) is 4.98 Å². The van der Waals surface area contributed by atoms with Crippen LogP contribution < -0.4 is 15.8 Å². The summed E-state index contributed by atoms with van der Waals surface area (Å²) < 4.78 is 1.44. The Morgan fingerprint density at radius 1 is 1.21 bits per heavy atom. The molecule has 1 amide bonds. The van der Waals surface area contributed by atoms with Gasteiger partial charge in [-0.15, -0.1) is 0 Å². The van der Waals surface area contributed by atoms with Crippen molar-refractivity contribution in [2.75, 3.05) is 11.4 Å². The summed E-state index contributed by atoms with van der Waals surface area (Å²) in [7, 11) is 0. The third kappa shape index (κ3) is 3.79. The summed E-state index contributed by atoms with van der Waals surface area (Å²) in [6, 6.07) is 13.0. The third-order valence-corrected chi connectivity index (χ3v) is 5.24. The van der Waals surface area contributed by atoms with Crippen LogP contribution in [0.15, 0.2) is 53.5 Å². The molecule has 0 radical (unpaired) electrons. The van der Waals surface area contributed by atoms with Crippen molar-refractivity contribution in [3.05, 3.63) is 75.3 Å². The molecule has 2 aromatic heterocycles. The number of hydrogen-bond donors (Lipinski definition) is 1.